The molecule has 7 heteroatoms. The van der Waals surface area contributed by atoms with Gasteiger partial charge in [-0.05, 0) is 11.6 Å². The molecule has 1 N–H and O–H groups in total. The number of hydrogen-bond donors (Lipinski definition) is 1. The van der Waals surface area contributed by atoms with Crippen molar-refractivity contribution in [3.05, 3.63) is 64.3 Å². The summed E-state index contributed by atoms with van der Waals surface area (Å²) in [6.07, 6.45) is 1.12. The van der Waals surface area contributed by atoms with Gasteiger partial charge in [0.25, 0.3) is 5.69 Å². The van der Waals surface area contributed by atoms with Crippen molar-refractivity contribution in [1.82, 2.24) is 4.98 Å². The Kier molecular flexibility index (Phi) is 4.31. The maximum Gasteiger partial charge on any atom is 0.321 e. The number of aromatic nitrogens is 1. The van der Waals surface area contributed by atoms with Gasteiger partial charge in [0.2, 0.25) is 0 Å². The fourth-order valence-electron chi connectivity index (χ4n) is 1.56. The Hall–Kier alpha value is -2.41. The number of rotatable bonds is 5. The molecule has 0 aliphatic heterocycles. The highest BCUT2D eigenvalue weighted by molar-refractivity contribution is 8.00. The van der Waals surface area contributed by atoms with Crippen LogP contribution in [0.15, 0.2) is 53.7 Å². The number of nitrogens with zero attached hydrogens (tertiary/aromatic N) is 2. The van der Waals surface area contributed by atoms with Gasteiger partial charge in [0, 0.05) is 6.07 Å². The Balaban J connectivity index is 2.21. The van der Waals surface area contributed by atoms with E-state index in [-0.39, 0.29) is 5.69 Å². The normalized spacial score (nSPS) is 11.8. The van der Waals surface area contributed by atoms with E-state index in [1.54, 1.807) is 30.3 Å². The Morgan fingerprint density at radius 2 is 1.95 bits per heavy atom. The Morgan fingerprint density at radius 3 is 2.45 bits per heavy atom. The lowest BCUT2D eigenvalue weighted by Gasteiger charge is -2.11. The predicted molar refractivity (Wildman–Crippen MR) is 73.6 cm³/mol. The van der Waals surface area contributed by atoms with E-state index in [0.29, 0.717) is 10.6 Å². The first-order chi connectivity index (χ1) is 9.58. The molecule has 102 valence electrons. The maximum absolute atomic E-state index is 11.3. The molecule has 6 nitrogen and oxygen atoms in total. The number of carbonyl (C=O) groups is 1. The average molecular weight is 290 g/mol. The van der Waals surface area contributed by atoms with Gasteiger partial charge in [-0.3, -0.25) is 14.9 Å². The van der Waals surface area contributed by atoms with E-state index < -0.39 is 16.1 Å². The molecule has 1 heterocycles. The van der Waals surface area contributed by atoms with Gasteiger partial charge in [-0.1, -0.05) is 42.1 Å². The van der Waals surface area contributed by atoms with Crippen LogP contribution >= 0.6 is 11.8 Å². The summed E-state index contributed by atoms with van der Waals surface area (Å²) >= 11 is 1.04. The van der Waals surface area contributed by atoms with Crippen LogP contribution in [0.3, 0.4) is 0 Å². The van der Waals surface area contributed by atoms with Crippen molar-refractivity contribution in [1.29, 1.82) is 0 Å². The molecule has 2 rings (SSSR count). The van der Waals surface area contributed by atoms with Gasteiger partial charge in [-0.2, -0.15) is 0 Å². The Bertz CT molecular complexity index is 616. The topological polar surface area (TPSA) is 93.3 Å². The van der Waals surface area contributed by atoms with Crippen LogP contribution in [-0.4, -0.2) is 21.0 Å². The highest BCUT2D eigenvalue weighted by Crippen LogP contribution is 2.34. The molecular weight excluding hydrogens is 280 g/mol. The molecule has 1 aromatic heterocycles. The summed E-state index contributed by atoms with van der Waals surface area (Å²) in [6, 6.07) is 11.5. The van der Waals surface area contributed by atoms with Crippen molar-refractivity contribution in [2.24, 2.45) is 0 Å². The maximum atomic E-state index is 11.3. The fraction of sp³-hybridized carbons (Fsp3) is 0.0769. The summed E-state index contributed by atoms with van der Waals surface area (Å²) in [5.74, 6) is -0.985. The van der Waals surface area contributed by atoms with Gasteiger partial charge >= 0.3 is 5.97 Å². The number of thioether (sulfide) groups is 1. The SMILES string of the molecule is O=C(O)C(Sc1ccc([N+](=O)[O-])cn1)c1ccccc1. The minimum Gasteiger partial charge on any atom is -0.480 e. The van der Waals surface area contributed by atoms with Gasteiger partial charge in [-0.15, -0.1) is 0 Å². The van der Waals surface area contributed by atoms with Gasteiger partial charge in [0.1, 0.15) is 11.4 Å². The first kappa shape index (κ1) is 14.0. The van der Waals surface area contributed by atoms with Crippen molar-refractivity contribution in [2.75, 3.05) is 0 Å². The second kappa shape index (κ2) is 6.16. The standard InChI is InChI=1S/C13H10N2O4S/c16-13(17)12(9-4-2-1-3-5-9)20-11-7-6-10(8-14-11)15(18)19/h1-8,12H,(H,16,17). The van der Waals surface area contributed by atoms with Crippen LogP contribution in [0.2, 0.25) is 0 Å². The number of carboxylic acid groups (broad SMARTS) is 1. The van der Waals surface area contributed by atoms with Crippen LogP contribution < -0.4 is 0 Å². The second-order valence-electron chi connectivity index (χ2n) is 3.86. The fourth-order valence-corrected chi connectivity index (χ4v) is 2.46. The average Bonchev–Trinajstić information content (AvgIpc) is 2.46. The smallest absolute Gasteiger partial charge is 0.321 e. The third-order valence-corrected chi connectivity index (χ3v) is 3.69. The summed E-state index contributed by atoms with van der Waals surface area (Å²) in [5, 5.41) is 19.4. The number of nitro groups is 1. The van der Waals surface area contributed by atoms with Crippen LogP contribution in [0.1, 0.15) is 10.8 Å². The molecule has 0 saturated heterocycles. The number of pyridine rings is 1. The lowest BCUT2D eigenvalue weighted by atomic mass is 10.1. The zero-order valence-electron chi connectivity index (χ0n) is 10.2. The quantitative estimate of drug-likeness (QED) is 0.517. The first-order valence-electron chi connectivity index (χ1n) is 5.63. The molecule has 0 spiro atoms. The number of carboxylic acids is 1. The zero-order valence-corrected chi connectivity index (χ0v) is 11.0. The molecule has 0 aliphatic carbocycles. The Labute approximate surface area is 118 Å². The summed E-state index contributed by atoms with van der Waals surface area (Å²) in [4.78, 5) is 25.2. The van der Waals surface area contributed by atoms with Crippen LogP contribution in [-0.2, 0) is 4.79 Å². The molecule has 1 aromatic carbocycles. The summed E-state index contributed by atoms with van der Waals surface area (Å²) in [5.41, 5.74) is 0.520. The third-order valence-electron chi connectivity index (χ3n) is 2.50. The summed E-state index contributed by atoms with van der Waals surface area (Å²) < 4.78 is 0. The molecule has 1 atom stereocenters. The Morgan fingerprint density at radius 1 is 1.25 bits per heavy atom. The molecule has 2 aromatic rings. The highest BCUT2D eigenvalue weighted by Gasteiger charge is 2.21. The molecule has 0 saturated carbocycles. The van der Waals surface area contributed by atoms with Crippen molar-refractivity contribution in [2.45, 2.75) is 10.3 Å². The first-order valence-corrected chi connectivity index (χ1v) is 6.51. The zero-order chi connectivity index (χ0) is 14.5. The third kappa shape index (κ3) is 3.33. The van der Waals surface area contributed by atoms with Crippen LogP contribution in [0.4, 0.5) is 5.69 Å². The molecule has 1 unspecified atom stereocenters. The van der Waals surface area contributed by atoms with Crippen molar-refractivity contribution < 1.29 is 14.8 Å². The highest BCUT2D eigenvalue weighted by atomic mass is 32.2. The van der Waals surface area contributed by atoms with Gasteiger partial charge in [0.15, 0.2) is 0 Å². The minimum absolute atomic E-state index is 0.124. The molecule has 20 heavy (non-hydrogen) atoms. The van der Waals surface area contributed by atoms with E-state index in [2.05, 4.69) is 4.98 Å². The number of benzene rings is 1. The second-order valence-corrected chi connectivity index (χ2v) is 4.98. The van der Waals surface area contributed by atoms with Crippen molar-refractivity contribution in [3.63, 3.8) is 0 Å². The van der Waals surface area contributed by atoms with Gasteiger partial charge in [-0.25, -0.2) is 4.98 Å². The van der Waals surface area contributed by atoms with Crippen LogP contribution in [0, 0.1) is 10.1 Å². The van der Waals surface area contributed by atoms with E-state index in [9.17, 15) is 20.0 Å². The molecule has 0 radical (unpaired) electrons. The van der Waals surface area contributed by atoms with Gasteiger partial charge in [0.05, 0.1) is 9.95 Å². The molecule has 0 aliphatic rings. The lowest BCUT2D eigenvalue weighted by Crippen LogP contribution is -2.08. The van der Waals surface area contributed by atoms with Crippen molar-refractivity contribution in [3.8, 4) is 0 Å². The number of aliphatic carboxylic acids is 1. The summed E-state index contributed by atoms with van der Waals surface area (Å²) in [6.45, 7) is 0. The summed E-state index contributed by atoms with van der Waals surface area (Å²) in [7, 11) is 0. The molecular formula is C13H10N2O4S. The lowest BCUT2D eigenvalue weighted by molar-refractivity contribution is -0.385. The minimum atomic E-state index is -0.985. The van der Waals surface area contributed by atoms with E-state index >= 15 is 0 Å². The van der Waals surface area contributed by atoms with E-state index in [0.717, 1.165) is 18.0 Å². The monoisotopic (exact) mass is 290 g/mol. The van der Waals surface area contributed by atoms with E-state index in [4.69, 9.17) is 0 Å². The van der Waals surface area contributed by atoms with E-state index in [1.807, 2.05) is 0 Å². The van der Waals surface area contributed by atoms with Crippen molar-refractivity contribution >= 4 is 23.4 Å². The molecule has 0 fully saturated rings. The van der Waals surface area contributed by atoms with Gasteiger partial charge < -0.3 is 5.11 Å². The largest absolute Gasteiger partial charge is 0.480 e. The van der Waals surface area contributed by atoms with E-state index in [1.165, 1.54) is 12.1 Å². The molecule has 0 bridgehead atoms. The van der Waals surface area contributed by atoms with Crippen LogP contribution in [0.25, 0.3) is 0 Å². The van der Waals surface area contributed by atoms with Crippen LogP contribution in [0.5, 0.6) is 0 Å². The predicted octanol–water partition coefficient (Wildman–Crippen LogP) is 2.91. The number of hydrogen-bond acceptors (Lipinski definition) is 5. The molecule has 0 amide bonds.